The van der Waals surface area contributed by atoms with E-state index in [0.717, 1.165) is 5.56 Å². The van der Waals surface area contributed by atoms with E-state index in [2.05, 4.69) is 4.72 Å². The number of methoxy groups -OCH3 is 1. The topological polar surface area (TPSA) is 92.8 Å². The van der Waals surface area contributed by atoms with Crippen LogP contribution in [0.4, 0.5) is 11.4 Å². The molecule has 1 heterocycles. The Hall–Kier alpha value is -2.26. The predicted molar refractivity (Wildman–Crippen MR) is 101 cm³/mol. The lowest BCUT2D eigenvalue weighted by Gasteiger charge is -2.20. The average Bonchev–Trinajstić information content (AvgIpc) is 2.94. The Labute approximate surface area is 153 Å². The van der Waals surface area contributed by atoms with Crippen molar-refractivity contribution in [3.8, 4) is 5.75 Å². The average molecular weight is 396 g/mol. The van der Waals surface area contributed by atoms with Crippen molar-refractivity contribution >= 4 is 31.4 Å². The van der Waals surface area contributed by atoms with Gasteiger partial charge in [-0.2, -0.15) is 0 Å². The van der Waals surface area contributed by atoms with Crippen LogP contribution in [-0.4, -0.2) is 36.2 Å². The van der Waals surface area contributed by atoms with Crippen LogP contribution in [0.25, 0.3) is 0 Å². The highest BCUT2D eigenvalue weighted by atomic mass is 32.2. The molecule has 0 aromatic heterocycles. The third-order valence-corrected chi connectivity index (χ3v) is 7.38. The Bertz CT molecular complexity index is 1020. The largest absolute Gasteiger partial charge is 0.494 e. The minimum Gasteiger partial charge on any atom is -0.494 e. The Morgan fingerprint density at radius 1 is 1.12 bits per heavy atom. The lowest BCUT2D eigenvalue weighted by atomic mass is 10.2. The van der Waals surface area contributed by atoms with Gasteiger partial charge in [0.15, 0.2) is 0 Å². The molecule has 0 aliphatic carbocycles. The molecule has 2 aromatic carbocycles. The number of aryl methyl sites for hydroxylation is 1. The third-order valence-electron chi connectivity index (χ3n) is 4.13. The zero-order valence-corrected chi connectivity index (χ0v) is 16.1. The minimum absolute atomic E-state index is 0.0952. The maximum Gasteiger partial charge on any atom is 0.261 e. The zero-order valence-electron chi connectivity index (χ0n) is 14.5. The summed E-state index contributed by atoms with van der Waals surface area (Å²) in [6.45, 7) is 2.26. The van der Waals surface area contributed by atoms with Crippen molar-refractivity contribution in [1.29, 1.82) is 0 Å². The first kappa shape index (κ1) is 18.5. The van der Waals surface area contributed by atoms with Crippen molar-refractivity contribution in [3.05, 3.63) is 48.0 Å². The Balaban J connectivity index is 1.91. The van der Waals surface area contributed by atoms with E-state index >= 15 is 0 Å². The van der Waals surface area contributed by atoms with Crippen molar-refractivity contribution in [3.63, 3.8) is 0 Å². The van der Waals surface area contributed by atoms with Gasteiger partial charge in [-0.05, 0) is 37.6 Å². The van der Waals surface area contributed by atoms with Gasteiger partial charge in [-0.15, -0.1) is 0 Å². The van der Waals surface area contributed by atoms with Crippen LogP contribution in [0.15, 0.2) is 47.4 Å². The fourth-order valence-electron chi connectivity index (χ4n) is 2.79. The van der Waals surface area contributed by atoms with Gasteiger partial charge in [-0.3, -0.25) is 9.03 Å². The molecule has 1 aliphatic rings. The first-order valence-corrected chi connectivity index (χ1v) is 11.1. The molecule has 1 N–H and O–H groups in total. The highest BCUT2D eigenvalue weighted by Crippen LogP contribution is 2.35. The quantitative estimate of drug-likeness (QED) is 0.837. The van der Waals surface area contributed by atoms with Crippen molar-refractivity contribution in [1.82, 2.24) is 0 Å². The van der Waals surface area contributed by atoms with Crippen molar-refractivity contribution < 1.29 is 21.6 Å². The van der Waals surface area contributed by atoms with Crippen molar-refractivity contribution in [2.24, 2.45) is 0 Å². The van der Waals surface area contributed by atoms with E-state index in [9.17, 15) is 16.8 Å². The molecule has 0 unspecified atom stereocenters. The number of hydrogen-bond donors (Lipinski definition) is 1. The number of rotatable bonds is 5. The number of sulfonamides is 2. The third kappa shape index (κ3) is 3.63. The fraction of sp³-hybridized carbons (Fsp3) is 0.294. The molecule has 1 aliphatic heterocycles. The summed E-state index contributed by atoms with van der Waals surface area (Å²) in [7, 11) is -5.68. The number of nitrogens with zero attached hydrogens (tertiary/aromatic N) is 1. The molecule has 0 atom stereocenters. The molecular weight excluding hydrogens is 376 g/mol. The minimum atomic E-state index is -3.75. The number of hydrogen-bond acceptors (Lipinski definition) is 5. The van der Waals surface area contributed by atoms with Crippen molar-refractivity contribution in [2.75, 3.05) is 28.4 Å². The van der Waals surface area contributed by atoms with E-state index in [-0.39, 0.29) is 10.6 Å². The molecule has 7 nitrogen and oxygen atoms in total. The smallest absolute Gasteiger partial charge is 0.261 e. The van der Waals surface area contributed by atoms with E-state index in [1.165, 1.54) is 35.7 Å². The molecule has 26 heavy (non-hydrogen) atoms. The maximum atomic E-state index is 12.5. The van der Waals surface area contributed by atoms with Crippen LogP contribution >= 0.6 is 0 Å². The molecule has 140 valence electrons. The molecule has 0 amide bonds. The van der Waals surface area contributed by atoms with Gasteiger partial charge >= 0.3 is 0 Å². The number of benzene rings is 2. The lowest BCUT2D eigenvalue weighted by Crippen LogP contribution is -2.25. The van der Waals surface area contributed by atoms with E-state index in [0.29, 0.717) is 30.1 Å². The second kappa shape index (κ2) is 6.81. The zero-order chi connectivity index (χ0) is 18.9. The molecule has 0 bridgehead atoms. The van der Waals surface area contributed by atoms with Gasteiger partial charge < -0.3 is 4.74 Å². The second-order valence-electron chi connectivity index (χ2n) is 6.05. The Morgan fingerprint density at radius 3 is 2.38 bits per heavy atom. The van der Waals surface area contributed by atoms with Crippen LogP contribution in [0, 0.1) is 6.92 Å². The Kier molecular flexibility index (Phi) is 4.85. The normalized spacial score (nSPS) is 16.5. The summed E-state index contributed by atoms with van der Waals surface area (Å²) in [4.78, 5) is 0.147. The van der Waals surface area contributed by atoms with Crippen LogP contribution in [0.5, 0.6) is 5.75 Å². The molecule has 2 aromatic rings. The summed E-state index contributed by atoms with van der Waals surface area (Å²) in [5, 5.41) is 0. The highest BCUT2D eigenvalue weighted by molar-refractivity contribution is 7.93. The molecule has 9 heteroatoms. The van der Waals surface area contributed by atoms with Gasteiger partial charge in [0.25, 0.3) is 10.0 Å². The lowest BCUT2D eigenvalue weighted by molar-refractivity contribution is 0.416. The monoisotopic (exact) mass is 396 g/mol. The van der Waals surface area contributed by atoms with Crippen LogP contribution in [0.2, 0.25) is 0 Å². The van der Waals surface area contributed by atoms with Gasteiger partial charge in [0.05, 0.1) is 29.1 Å². The summed E-state index contributed by atoms with van der Waals surface area (Å²) in [5.41, 5.74) is 1.66. The van der Waals surface area contributed by atoms with Crippen LogP contribution in [0.3, 0.4) is 0 Å². The summed E-state index contributed by atoms with van der Waals surface area (Å²) < 4.78 is 58.3. The molecule has 0 radical (unpaired) electrons. The summed E-state index contributed by atoms with van der Waals surface area (Å²) >= 11 is 0. The van der Waals surface area contributed by atoms with Crippen LogP contribution in [0.1, 0.15) is 12.0 Å². The van der Waals surface area contributed by atoms with Crippen LogP contribution < -0.4 is 13.8 Å². The summed E-state index contributed by atoms with van der Waals surface area (Å²) in [6.07, 6.45) is 0.549. The standard InChI is InChI=1S/C17H20N2O5S2/c1-13-4-7-15(8-5-13)26(22,23)18-14-6-9-16(17(12-14)24-2)19-10-3-11-25(19,20)21/h4-9,12,18H,3,10-11H2,1-2H3. The number of ether oxygens (including phenoxy) is 1. The van der Waals surface area contributed by atoms with Gasteiger partial charge in [-0.25, -0.2) is 16.8 Å². The molecule has 1 saturated heterocycles. The fourth-order valence-corrected chi connectivity index (χ4v) is 5.41. The number of anilines is 2. The first-order chi connectivity index (χ1) is 12.2. The highest BCUT2D eigenvalue weighted by Gasteiger charge is 2.30. The SMILES string of the molecule is COc1cc(NS(=O)(=O)c2ccc(C)cc2)ccc1N1CCCS1(=O)=O. The Morgan fingerprint density at radius 2 is 1.81 bits per heavy atom. The van der Waals surface area contributed by atoms with E-state index in [1.54, 1.807) is 18.2 Å². The van der Waals surface area contributed by atoms with Crippen LogP contribution in [-0.2, 0) is 20.0 Å². The van der Waals surface area contributed by atoms with Gasteiger partial charge in [0.2, 0.25) is 10.0 Å². The molecular formula is C17H20N2O5S2. The van der Waals surface area contributed by atoms with E-state index < -0.39 is 20.0 Å². The summed E-state index contributed by atoms with van der Waals surface area (Å²) in [6, 6.07) is 11.0. The van der Waals surface area contributed by atoms with Gasteiger partial charge in [0.1, 0.15) is 5.75 Å². The van der Waals surface area contributed by atoms with Gasteiger partial charge in [0, 0.05) is 12.6 Å². The molecule has 0 saturated carbocycles. The first-order valence-electron chi connectivity index (χ1n) is 8.01. The second-order valence-corrected chi connectivity index (χ2v) is 9.74. The molecule has 0 spiro atoms. The molecule has 3 rings (SSSR count). The maximum absolute atomic E-state index is 12.5. The molecule has 1 fully saturated rings. The number of nitrogens with one attached hydrogen (secondary N) is 1. The van der Waals surface area contributed by atoms with Gasteiger partial charge in [-0.1, -0.05) is 17.7 Å². The van der Waals surface area contributed by atoms with Crippen molar-refractivity contribution in [2.45, 2.75) is 18.2 Å². The summed E-state index contributed by atoms with van der Waals surface area (Å²) in [5.74, 6) is 0.386. The predicted octanol–water partition coefficient (Wildman–Crippen LogP) is 2.34. The van der Waals surface area contributed by atoms with E-state index in [1.807, 2.05) is 6.92 Å². The van der Waals surface area contributed by atoms with E-state index in [4.69, 9.17) is 4.74 Å².